The lowest BCUT2D eigenvalue weighted by molar-refractivity contribution is -0.142. The molecule has 12 heteroatoms. The lowest BCUT2D eigenvalue weighted by Gasteiger charge is -2.27. The summed E-state index contributed by atoms with van der Waals surface area (Å²) in [4.78, 5) is 36.0. The van der Waals surface area contributed by atoms with E-state index in [0.717, 1.165) is 62.4 Å². The van der Waals surface area contributed by atoms with E-state index >= 15 is 0 Å². The zero-order valence-electron chi connectivity index (χ0n) is 23.3. The number of ether oxygens (including phenoxy) is 1. The number of carboxylic acid groups (broad SMARTS) is 1. The summed E-state index contributed by atoms with van der Waals surface area (Å²) in [5.74, 6) is -1.32. The van der Waals surface area contributed by atoms with Gasteiger partial charge in [-0.15, -0.1) is 0 Å². The van der Waals surface area contributed by atoms with Crippen molar-refractivity contribution >= 4 is 29.3 Å². The van der Waals surface area contributed by atoms with Crippen molar-refractivity contribution in [3.05, 3.63) is 52.2 Å². The molecule has 4 rings (SSSR count). The van der Waals surface area contributed by atoms with Crippen molar-refractivity contribution in [2.24, 2.45) is 0 Å². The summed E-state index contributed by atoms with van der Waals surface area (Å²) in [5.41, 5.74) is 1.45. The molecule has 3 heterocycles. The Balaban J connectivity index is 1.32. The number of fused-ring (bicyclic) bond motifs is 1. The predicted molar refractivity (Wildman–Crippen MR) is 151 cm³/mol. The number of pyridine rings is 2. The van der Waals surface area contributed by atoms with Gasteiger partial charge in [0.2, 0.25) is 5.91 Å². The summed E-state index contributed by atoms with van der Waals surface area (Å²) in [6.45, 7) is 1.51. The summed E-state index contributed by atoms with van der Waals surface area (Å²) in [7, 11) is 1.45. The van der Waals surface area contributed by atoms with Crippen molar-refractivity contribution in [3.63, 3.8) is 0 Å². The largest absolute Gasteiger partial charge is 0.480 e. The maximum Gasteiger partial charge on any atom is 0.326 e. The number of aromatic nitrogens is 2. The van der Waals surface area contributed by atoms with Gasteiger partial charge in [-0.2, -0.15) is 0 Å². The van der Waals surface area contributed by atoms with Crippen LogP contribution in [0.25, 0.3) is 0 Å². The lowest BCUT2D eigenvalue weighted by Crippen LogP contribution is -2.48. The second-order valence-electron chi connectivity index (χ2n) is 10.8. The van der Waals surface area contributed by atoms with Crippen LogP contribution in [0.3, 0.4) is 0 Å². The minimum Gasteiger partial charge on any atom is -0.480 e. The zero-order chi connectivity index (χ0) is 29.4. The minimum atomic E-state index is -1.17. The summed E-state index contributed by atoms with van der Waals surface area (Å²) in [6, 6.07) is 4.13. The van der Waals surface area contributed by atoms with Crippen molar-refractivity contribution in [2.75, 3.05) is 45.3 Å². The number of carboxylic acids is 1. The molecule has 0 spiro atoms. The minimum absolute atomic E-state index is 0.0365. The highest BCUT2D eigenvalue weighted by Gasteiger charge is 2.54. The Morgan fingerprint density at radius 1 is 1.29 bits per heavy atom. The molecule has 2 aromatic heterocycles. The Morgan fingerprint density at radius 2 is 2.10 bits per heavy atom. The van der Waals surface area contributed by atoms with Crippen LogP contribution in [-0.2, 0) is 32.6 Å². The first kappa shape index (κ1) is 31.1. The van der Waals surface area contributed by atoms with Crippen molar-refractivity contribution < 1.29 is 28.2 Å². The molecule has 0 saturated heterocycles. The number of methoxy groups -OCH3 is 1. The molecule has 0 aromatic carbocycles. The van der Waals surface area contributed by atoms with Gasteiger partial charge in [-0.3, -0.25) is 9.78 Å². The number of halogens is 3. The van der Waals surface area contributed by atoms with E-state index in [2.05, 4.69) is 27.8 Å². The highest BCUT2D eigenvalue weighted by atomic mass is 35.5. The molecule has 2 atom stereocenters. The molecule has 0 bridgehead atoms. The molecule has 224 valence electrons. The maximum absolute atomic E-state index is 13.5. The molecule has 1 aliphatic heterocycles. The van der Waals surface area contributed by atoms with Crippen LogP contribution in [0.4, 0.5) is 14.6 Å². The molecular weight excluding hydrogens is 556 g/mol. The molecule has 3 N–H and O–H groups in total. The first-order valence-corrected chi connectivity index (χ1v) is 14.5. The van der Waals surface area contributed by atoms with Gasteiger partial charge in [-0.1, -0.05) is 17.7 Å². The van der Waals surface area contributed by atoms with Gasteiger partial charge < -0.3 is 25.4 Å². The molecule has 2 unspecified atom stereocenters. The van der Waals surface area contributed by atoms with Crippen molar-refractivity contribution in [2.45, 2.75) is 68.9 Å². The third-order valence-corrected chi connectivity index (χ3v) is 8.15. The number of carbonyl (C=O) groups is 2. The standard InChI is InChI=1S/C29H38ClF2N5O4/c1-41-22(16-31)18-37(13-3-2-6-21-8-7-19-5-4-12-33-26(19)35-21)14-9-24(27(38)39)36-28(40)29(10-11-29)25-23(30)15-20(32)17-34-25/h7-8,15,17,22,24H,2-6,9-14,16,18H2,1H3,(H,33,35)(H,36,40)(H,38,39). The Morgan fingerprint density at radius 3 is 2.78 bits per heavy atom. The molecule has 1 fully saturated rings. The number of rotatable bonds is 16. The zero-order valence-corrected chi connectivity index (χ0v) is 24.1. The van der Waals surface area contributed by atoms with Gasteiger partial charge in [-0.25, -0.2) is 18.6 Å². The van der Waals surface area contributed by atoms with Crippen LogP contribution in [0.2, 0.25) is 5.02 Å². The van der Waals surface area contributed by atoms with Gasteiger partial charge in [0.05, 0.1) is 28.4 Å². The van der Waals surface area contributed by atoms with Gasteiger partial charge in [0, 0.05) is 32.4 Å². The molecule has 2 aromatic rings. The Labute approximate surface area is 244 Å². The van der Waals surface area contributed by atoms with Crippen LogP contribution < -0.4 is 10.6 Å². The number of aryl methyl sites for hydroxylation is 2. The summed E-state index contributed by atoms with van der Waals surface area (Å²) >= 11 is 6.15. The number of nitrogens with zero attached hydrogens (tertiary/aromatic N) is 3. The van der Waals surface area contributed by atoms with E-state index < -0.39 is 41.9 Å². The molecule has 41 heavy (non-hydrogen) atoms. The van der Waals surface area contributed by atoms with E-state index in [0.29, 0.717) is 32.5 Å². The Bertz CT molecular complexity index is 1210. The van der Waals surface area contributed by atoms with Crippen LogP contribution in [-0.4, -0.2) is 84.0 Å². The normalized spacial score (nSPS) is 16.9. The van der Waals surface area contributed by atoms with Crippen LogP contribution in [0.5, 0.6) is 0 Å². The molecule has 9 nitrogen and oxygen atoms in total. The molecule has 0 radical (unpaired) electrons. The van der Waals surface area contributed by atoms with E-state index in [1.165, 1.54) is 12.7 Å². The average Bonchev–Trinajstić information content (AvgIpc) is 3.77. The number of amides is 1. The van der Waals surface area contributed by atoms with Crippen molar-refractivity contribution in [3.8, 4) is 0 Å². The number of alkyl halides is 1. The van der Waals surface area contributed by atoms with Crippen LogP contribution >= 0.6 is 11.6 Å². The fraction of sp³-hybridized carbons (Fsp3) is 0.586. The van der Waals surface area contributed by atoms with Crippen LogP contribution in [0, 0.1) is 5.82 Å². The summed E-state index contributed by atoms with van der Waals surface area (Å²) in [6.07, 6.45) is 5.97. The van der Waals surface area contributed by atoms with E-state index in [9.17, 15) is 23.5 Å². The van der Waals surface area contributed by atoms with Gasteiger partial charge in [-0.05, 0) is 75.6 Å². The van der Waals surface area contributed by atoms with Gasteiger partial charge >= 0.3 is 5.97 Å². The average molecular weight is 594 g/mol. The van der Waals surface area contributed by atoms with Gasteiger partial charge in [0.1, 0.15) is 24.4 Å². The third-order valence-electron chi connectivity index (χ3n) is 7.86. The number of carbonyl (C=O) groups excluding carboxylic acids is 1. The first-order chi connectivity index (χ1) is 19.8. The monoisotopic (exact) mass is 593 g/mol. The summed E-state index contributed by atoms with van der Waals surface area (Å²) in [5, 5.41) is 15.9. The van der Waals surface area contributed by atoms with E-state index in [-0.39, 0.29) is 17.1 Å². The van der Waals surface area contributed by atoms with Crippen molar-refractivity contribution in [1.82, 2.24) is 20.2 Å². The van der Waals surface area contributed by atoms with Crippen LogP contribution in [0.15, 0.2) is 24.4 Å². The Hall–Kier alpha value is -2.89. The quantitative estimate of drug-likeness (QED) is 0.251. The molecule has 1 amide bonds. The number of hydrogen-bond donors (Lipinski definition) is 3. The smallest absolute Gasteiger partial charge is 0.326 e. The fourth-order valence-corrected chi connectivity index (χ4v) is 5.58. The van der Waals surface area contributed by atoms with Gasteiger partial charge in [0.25, 0.3) is 0 Å². The highest BCUT2D eigenvalue weighted by molar-refractivity contribution is 6.31. The van der Waals surface area contributed by atoms with E-state index in [1.807, 2.05) is 4.90 Å². The molecule has 1 aliphatic carbocycles. The molecule has 1 saturated carbocycles. The van der Waals surface area contributed by atoms with Crippen molar-refractivity contribution in [1.29, 1.82) is 0 Å². The van der Waals surface area contributed by atoms with Crippen LogP contribution in [0.1, 0.15) is 55.5 Å². The fourth-order valence-electron chi connectivity index (χ4n) is 5.25. The maximum atomic E-state index is 13.5. The predicted octanol–water partition coefficient (Wildman–Crippen LogP) is 3.93. The van der Waals surface area contributed by atoms with E-state index in [4.69, 9.17) is 21.3 Å². The Kier molecular flexibility index (Phi) is 10.9. The lowest BCUT2D eigenvalue weighted by atomic mass is 9.99. The topological polar surface area (TPSA) is 117 Å². The molecule has 2 aliphatic rings. The second-order valence-corrected chi connectivity index (χ2v) is 11.2. The molecular formula is C29H38ClF2N5O4. The third kappa shape index (κ3) is 8.11. The second kappa shape index (κ2) is 14.3. The SMILES string of the molecule is COC(CF)CN(CCCCc1ccc2c(n1)NCCC2)CCC(NC(=O)C1(c2ncc(F)cc2Cl)CC1)C(=O)O. The highest BCUT2D eigenvalue weighted by Crippen LogP contribution is 2.49. The van der Waals surface area contributed by atoms with E-state index in [1.54, 1.807) is 0 Å². The number of hydrogen-bond acceptors (Lipinski definition) is 7. The van der Waals surface area contributed by atoms with Gasteiger partial charge in [0.15, 0.2) is 0 Å². The number of unbranched alkanes of at least 4 members (excludes halogenated alkanes) is 1. The number of anilines is 1. The first-order valence-electron chi connectivity index (χ1n) is 14.1. The summed E-state index contributed by atoms with van der Waals surface area (Å²) < 4.78 is 32.2. The number of aliphatic carboxylic acids is 1. The number of nitrogens with one attached hydrogen (secondary N) is 2.